The van der Waals surface area contributed by atoms with Crippen molar-refractivity contribution in [3.05, 3.63) is 75.8 Å². The minimum atomic E-state index is -1.13. The number of fused-ring (bicyclic) bond motifs is 2. The lowest BCUT2D eigenvalue weighted by molar-refractivity contribution is -0.528. The molecule has 6 nitrogen and oxygen atoms in total. The van der Waals surface area contributed by atoms with Crippen LogP contribution in [0.25, 0.3) is 0 Å². The summed E-state index contributed by atoms with van der Waals surface area (Å²) in [4.78, 5) is 25.0. The van der Waals surface area contributed by atoms with Crippen molar-refractivity contribution in [1.82, 2.24) is 5.32 Å². The monoisotopic (exact) mass is 351 g/mol. The van der Waals surface area contributed by atoms with Crippen LogP contribution in [0, 0.1) is 16.0 Å². The first-order valence-electron chi connectivity index (χ1n) is 8.84. The SMILES string of the molecule is CC(C)C1NC2(C(=O)Nc3ccccc32)C(c2ccccc2)C1[N+](=O)[O-]. The van der Waals surface area contributed by atoms with Crippen molar-refractivity contribution in [3.8, 4) is 0 Å². The fourth-order valence-corrected chi connectivity index (χ4v) is 4.55. The Morgan fingerprint density at radius 2 is 1.73 bits per heavy atom. The maximum atomic E-state index is 13.2. The normalized spacial score (nSPS) is 29.8. The summed E-state index contributed by atoms with van der Waals surface area (Å²) in [6.45, 7) is 3.90. The van der Waals surface area contributed by atoms with Crippen LogP contribution in [0.15, 0.2) is 54.6 Å². The predicted molar refractivity (Wildman–Crippen MR) is 98.5 cm³/mol. The first kappa shape index (κ1) is 16.7. The van der Waals surface area contributed by atoms with E-state index >= 15 is 0 Å². The number of nitrogens with zero attached hydrogens (tertiary/aromatic N) is 1. The molecule has 134 valence electrons. The highest BCUT2D eigenvalue weighted by Crippen LogP contribution is 2.52. The number of hydrogen-bond acceptors (Lipinski definition) is 4. The Morgan fingerprint density at radius 3 is 2.38 bits per heavy atom. The van der Waals surface area contributed by atoms with Crippen LogP contribution in [0.1, 0.15) is 30.9 Å². The molecular weight excluding hydrogens is 330 g/mol. The topological polar surface area (TPSA) is 84.3 Å². The molecule has 4 unspecified atom stereocenters. The molecule has 1 amide bonds. The number of nitrogens with one attached hydrogen (secondary N) is 2. The number of benzene rings is 2. The average molecular weight is 351 g/mol. The van der Waals surface area contributed by atoms with E-state index in [-0.39, 0.29) is 16.7 Å². The van der Waals surface area contributed by atoms with Gasteiger partial charge in [0.1, 0.15) is 5.54 Å². The van der Waals surface area contributed by atoms with E-state index in [4.69, 9.17) is 0 Å². The number of carbonyl (C=O) groups is 1. The Kier molecular flexibility index (Phi) is 3.80. The zero-order valence-corrected chi connectivity index (χ0v) is 14.7. The predicted octanol–water partition coefficient (Wildman–Crippen LogP) is 2.89. The van der Waals surface area contributed by atoms with Gasteiger partial charge >= 0.3 is 0 Å². The summed E-state index contributed by atoms with van der Waals surface area (Å²) < 4.78 is 0. The highest BCUT2D eigenvalue weighted by Gasteiger charge is 2.66. The van der Waals surface area contributed by atoms with E-state index in [0.717, 1.165) is 16.8 Å². The summed E-state index contributed by atoms with van der Waals surface area (Å²) in [6.07, 6.45) is 0. The molecule has 2 N–H and O–H groups in total. The molecule has 2 aliphatic heterocycles. The van der Waals surface area contributed by atoms with Crippen LogP contribution >= 0.6 is 0 Å². The Hall–Kier alpha value is -2.73. The molecular formula is C20H21N3O3. The maximum absolute atomic E-state index is 13.2. The molecule has 4 rings (SSSR count). The van der Waals surface area contributed by atoms with E-state index in [1.54, 1.807) is 0 Å². The molecule has 0 aliphatic carbocycles. The Labute approximate surface area is 151 Å². The van der Waals surface area contributed by atoms with Crippen LogP contribution in [-0.2, 0) is 10.3 Å². The standard InChI is InChI=1S/C20H21N3O3/c1-12(2)17-18(23(25)26)16(13-8-4-3-5-9-13)20(22-17)14-10-6-7-11-15(14)21-19(20)24/h3-12,16-18,22H,1-2H3,(H,21,24). The first-order chi connectivity index (χ1) is 12.5. The van der Waals surface area contributed by atoms with Gasteiger partial charge in [-0.25, -0.2) is 0 Å². The molecule has 2 aromatic rings. The second-order valence-corrected chi connectivity index (χ2v) is 7.39. The van der Waals surface area contributed by atoms with Crippen LogP contribution in [0.2, 0.25) is 0 Å². The zero-order valence-electron chi connectivity index (χ0n) is 14.7. The van der Waals surface area contributed by atoms with Crippen molar-refractivity contribution < 1.29 is 9.72 Å². The van der Waals surface area contributed by atoms with E-state index in [9.17, 15) is 14.9 Å². The van der Waals surface area contributed by atoms with Gasteiger partial charge in [0.2, 0.25) is 11.9 Å². The first-order valence-corrected chi connectivity index (χ1v) is 8.84. The Morgan fingerprint density at radius 1 is 1.08 bits per heavy atom. The van der Waals surface area contributed by atoms with Gasteiger partial charge < -0.3 is 5.32 Å². The highest BCUT2D eigenvalue weighted by molar-refractivity contribution is 6.07. The Balaban J connectivity index is 1.98. The molecule has 0 aromatic heterocycles. The number of anilines is 1. The smallest absolute Gasteiger partial charge is 0.250 e. The maximum Gasteiger partial charge on any atom is 0.250 e. The fourth-order valence-electron chi connectivity index (χ4n) is 4.55. The van der Waals surface area contributed by atoms with Crippen molar-refractivity contribution in [2.75, 3.05) is 5.32 Å². The summed E-state index contributed by atoms with van der Waals surface area (Å²) in [6, 6.07) is 15.5. The lowest BCUT2D eigenvalue weighted by Crippen LogP contribution is -2.49. The fraction of sp³-hybridized carbons (Fsp3) is 0.350. The van der Waals surface area contributed by atoms with Crippen molar-refractivity contribution in [2.24, 2.45) is 5.92 Å². The van der Waals surface area contributed by atoms with Crippen LogP contribution in [-0.4, -0.2) is 22.9 Å². The molecule has 2 aliphatic rings. The van der Waals surface area contributed by atoms with E-state index in [2.05, 4.69) is 10.6 Å². The third-order valence-electron chi connectivity index (χ3n) is 5.65. The van der Waals surface area contributed by atoms with Gasteiger partial charge in [-0.15, -0.1) is 0 Å². The van der Waals surface area contributed by atoms with Gasteiger partial charge in [-0.3, -0.25) is 20.2 Å². The van der Waals surface area contributed by atoms with Crippen LogP contribution in [0.3, 0.4) is 0 Å². The van der Waals surface area contributed by atoms with Crippen molar-refractivity contribution in [3.63, 3.8) is 0 Å². The summed E-state index contributed by atoms with van der Waals surface area (Å²) in [5.41, 5.74) is 1.17. The number of amides is 1. The van der Waals surface area contributed by atoms with Crippen molar-refractivity contribution in [1.29, 1.82) is 0 Å². The summed E-state index contributed by atoms with van der Waals surface area (Å²) in [5.74, 6) is -0.797. The minimum absolute atomic E-state index is 0.0107. The second kappa shape index (κ2) is 5.92. The summed E-state index contributed by atoms with van der Waals surface area (Å²) >= 11 is 0. The van der Waals surface area contributed by atoms with Crippen molar-refractivity contribution in [2.45, 2.75) is 37.4 Å². The molecule has 0 radical (unpaired) electrons. The third-order valence-corrected chi connectivity index (χ3v) is 5.65. The van der Waals surface area contributed by atoms with Gasteiger partial charge in [0.05, 0.1) is 12.0 Å². The van der Waals surface area contributed by atoms with E-state index in [1.165, 1.54) is 0 Å². The number of rotatable bonds is 3. The van der Waals surface area contributed by atoms with Gasteiger partial charge in [0, 0.05) is 16.2 Å². The molecule has 0 bridgehead atoms. The molecule has 2 aromatic carbocycles. The van der Waals surface area contributed by atoms with E-state index < -0.39 is 23.5 Å². The number of carbonyl (C=O) groups excluding carboxylic acids is 1. The number of hydrogen-bond donors (Lipinski definition) is 2. The van der Waals surface area contributed by atoms with Crippen molar-refractivity contribution >= 4 is 11.6 Å². The van der Waals surface area contributed by atoms with Gasteiger partial charge in [0.25, 0.3) is 0 Å². The molecule has 26 heavy (non-hydrogen) atoms. The molecule has 1 fully saturated rings. The largest absolute Gasteiger partial charge is 0.324 e. The summed E-state index contributed by atoms with van der Waals surface area (Å²) in [7, 11) is 0. The van der Waals surface area contributed by atoms with E-state index in [1.807, 2.05) is 68.4 Å². The summed E-state index contributed by atoms with van der Waals surface area (Å²) in [5, 5.41) is 18.4. The number of nitro groups is 1. The lowest BCUT2D eigenvalue weighted by Gasteiger charge is -2.29. The van der Waals surface area contributed by atoms with Crippen LogP contribution in [0.4, 0.5) is 5.69 Å². The third kappa shape index (κ3) is 2.18. The lowest BCUT2D eigenvalue weighted by atomic mass is 9.74. The molecule has 6 heteroatoms. The zero-order chi connectivity index (χ0) is 18.5. The van der Waals surface area contributed by atoms with E-state index in [0.29, 0.717) is 0 Å². The molecule has 1 spiro atoms. The minimum Gasteiger partial charge on any atom is -0.324 e. The van der Waals surface area contributed by atoms with Crippen LogP contribution in [0.5, 0.6) is 0 Å². The Bertz CT molecular complexity index is 868. The highest BCUT2D eigenvalue weighted by atomic mass is 16.6. The van der Waals surface area contributed by atoms with Gasteiger partial charge in [-0.2, -0.15) is 0 Å². The quantitative estimate of drug-likeness (QED) is 0.658. The average Bonchev–Trinajstić information content (AvgIpc) is 3.13. The number of para-hydroxylation sites is 1. The second-order valence-electron chi connectivity index (χ2n) is 7.39. The van der Waals surface area contributed by atoms with Gasteiger partial charge in [0.15, 0.2) is 0 Å². The van der Waals surface area contributed by atoms with Gasteiger partial charge in [-0.05, 0) is 17.5 Å². The molecule has 4 atom stereocenters. The molecule has 0 saturated carbocycles. The van der Waals surface area contributed by atoms with Gasteiger partial charge in [-0.1, -0.05) is 62.4 Å². The molecule has 2 heterocycles. The van der Waals surface area contributed by atoms with Crippen LogP contribution < -0.4 is 10.6 Å². The molecule has 1 saturated heterocycles.